The van der Waals surface area contributed by atoms with Gasteiger partial charge in [0, 0.05) is 24.5 Å². The molecule has 1 rings (SSSR count). The zero-order valence-corrected chi connectivity index (χ0v) is 8.77. The molecule has 0 radical (unpaired) electrons. The van der Waals surface area contributed by atoms with E-state index in [1.807, 2.05) is 12.1 Å². The maximum Gasteiger partial charge on any atom is 0.0584 e. The Morgan fingerprint density at radius 3 is 2.57 bits per heavy atom. The highest BCUT2D eigenvalue weighted by atomic mass is 16.3. The van der Waals surface area contributed by atoms with Crippen molar-refractivity contribution in [3.8, 4) is 0 Å². The van der Waals surface area contributed by atoms with Crippen molar-refractivity contribution in [1.82, 2.24) is 10.3 Å². The Hall–Kier alpha value is -0.930. The van der Waals surface area contributed by atoms with Gasteiger partial charge in [0.1, 0.15) is 0 Å². The smallest absolute Gasteiger partial charge is 0.0584 e. The average molecular weight is 194 g/mol. The molecular formula is C11H18N2O. The molecular weight excluding hydrogens is 176 g/mol. The molecule has 0 saturated carbocycles. The maximum atomic E-state index is 9.05. The molecule has 2 atom stereocenters. The monoisotopic (exact) mass is 194 g/mol. The molecule has 78 valence electrons. The van der Waals surface area contributed by atoms with Crippen molar-refractivity contribution in [3.63, 3.8) is 0 Å². The number of pyridine rings is 1. The second kappa shape index (κ2) is 5.73. The first-order valence-electron chi connectivity index (χ1n) is 5.04. The minimum atomic E-state index is 0.179. The topological polar surface area (TPSA) is 45.1 Å². The van der Waals surface area contributed by atoms with Crippen molar-refractivity contribution in [2.75, 3.05) is 6.61 Å². The van der Waals surface area contributed by atoms with Gasteiger partial charge in [-0.25, -0.2) is 0 Å². The summed E-state index contributed by atoms with van der Waals surface area (Å²) in [5.41, 5.74) is 1.20. The van der Waals surface area contributed by atoms with Crippen molar-refractivity contribution in [3.05, 3.63) is 30.1 Å². The molecule has 2 N–H and O–H groups in total. The van der Waals surface area contributed by atoms with E-state index in [9.17, 15) is 0 Å². The second-order valence-electron chi connectivity index (χ2n) is 3.46. The first-order valence-corrected chi connectivity index (χ1v) is 5.04. The van der Waals surface area contributed by atoms with Crippen LogP contribution in [0, 0.1) is 0 Å². The second-order valence-corrected chi connectivity index (χ2v) is 3.46. The highest BCUT2D eigenvalue weighted by molar-refractivity contribution is 5.14. The summed E-state index contributed by atoms with van der Waals surface area (Å²) in [6, 6.07) is 4.41. The van der Waals surface area contributed by atoms with Crippen molar-refractivity contribution in [2.45, 2.75) is 32.4 Å². The molecule has 14 heavy (non-hydrogen) atoms. The summed E-state index contributed by atoms with van der Waals surface area (Å²) < 4.78 is 0. The van der Waals surface area contributed by atoms with Crippen LogP contribution < -0.4 is 5.32 Å². The highest BCUT2D eigenvalue weighted by Crippen LogP contribution is 2.11. The fourth-order valence-corrected chi connectivity index (χ4v) is 1.40. The van der Waals surface area contributed by atoms with Gasteiger partial charge < -0.3 is 10.4 Å². The summed E-state index contributed by atoms with van der Waals surface area (Å²) in [5, 5.41) is 12.4. The molecule has 1 aromatic heterocycles. The normalized spacial score (nSPS) is 15.1. The maximum absolute atomic E-state index is 9.05. The molecule has 0 unspecified atom stereocenters. The zero-order valence-electron chi connectivity index (χ0n) is 8.77. The number of hydrogen-bond donors (Lipinski definition) is 2. The SMILES string of the molecule is CC[C@H](CO)N[C@@H](C)c1ccncc1. The third kappa shape index (κ3) is 3.09. The molecule has 0 aromatic carbocycles. The van der Waals surface area contributed by atoms with Crippen LogP contribution in [0.25, 0.3) is 0 Å². The largest absolute Gasteiger partial charge is 0.395 e. The van der Waals surface area contributed by atoms with Gasteiger partial charge in [0.25, 0.3) is 0 Å². The molecule has 0 aliphatic carbocycles. The highest BCUT2D eigenvalue weighted by Gasteiger charge is 2.09. The molecule has 1 aromatic rings. The number of aliphatic hydroxyl groups is 1. The van der Waals surface area contributed by atoms with Crippen LogP contribution in [-0.4, -0.2) is 22.7 Å². The van der Waals surface area contributed by atoms with Crippen LogP contribution in [-0.2, 0) is 0 Å². The van der Waals surface area contributed by atoms with Crippen molar-refractivity contribution in [1.29, 1.82) is 0 Å². The van der Waals surface area contributed by atoms with E-state index >= 15 is 0 Å². The van der Waals surface area contributed by atoms with E-state index in [1.54, 1.807) is 12.4 Å². The van der Waals surface area contributed by atoms with Gasteiger partial charge in [0.15, 0.2) is 0 Å². The molecule has 0 bridgehead atoms. The molecule has 0 amide bonds. The van der Waals surface area contributed by atoms with Crippen LogP contribution in [0.1, 0.15) is 31.9 Å². The number of aliphatic hydroxyl groups excluding tert-OH is 1. The number of nitrogens with zero attached hydrogens (tertiary/aromatic N) is 1. The van der Waals surface area contributed by atoms with Crippen LogP contribution in [0.4, 0.5) is 0 Å². The number of aromatic nitrogens is 1. The van der Waals surface area contributed by atoms with Crippen LogP contribution in [0.5, 0.6) is 0 Å². The first-order chi connectivity index (χ1) is 6.77. The molecule has 0 fully saturated rings. The lowest BCUT2D eigenvalue weighted by Gasteiger charge is -2.20. The minimum absolute atomic E-state index is 0.179. The predicted molar refractivity (Wildman–Crippen MR) is 57.0 cm³/mol. The van der Waals surface area contributed by atoms with Gasteiger partial charge in [-0.2, -0.15) is 0 Å². The third-order valence-corrected chi connectivity index (χ3v) is 2.40. The van der Waals surface area contributed by atoms with Gasteiger partial charge in [0.2, 0.25) is 0 Å². The Bertz CT molecular complexity index is 247. The quantitative estimate of drug-likeness (QED) is 0.746. The van der Waals surface area contributed by atoms with Crippen molar-refractivity contribution in [2.24, 2.45) is 0 Å². The van der Waals surface area contributed by atoms with E-state index in [1.165, 1.54) is 5.56 Å². The van der Waals surface area contributed by atoms with E-state index < -0.39 is 0 Å². The van der Waals surface area contributed by atoms with E-state index in [2.05, 4.69) is 24.1 Å². The lowest BCUT2D eigenvalue weighted by molar-refractivity contribution is 0.230. The summed E-state index contributed by atoms with van der Waals surface area (Å²) in [6.07, 6.45) is 4.51. The summed E-state index contributed by atoms with van der Waals surface area (Å²) in [5.74, 6) is 0. The van der Waals surface area contributed by atoms with Gasteiger partial charge in [-0.3, -0.25) is 4.98 Å². The van der Waals surface area contributed by atoms with Crippen LogP contribution in [0.3, 0.4) is 0 Å². The van der Waals surface area contributed by atoms with Crippen molar-refractivity contribution < 1.29 is 5.11 Å². The fourth-order valence-electron chi connectivity index (χ4n) is 1.40. The average Bonchev–Trinajstić information content (AvgIpc) is 2.26. The van der Waals surface area contributed by atoms with Crippen LogP contribution >= 0.6 is 0 Å². The lowest BCUT2D eigenvalue weighted by Crippen LogP contribution is -2.33. The summed E-state index contributed by atoms with van der Waals surface area (Å²) in [7, 11) is 0. The van der Waals surface area contributed by atoms with Crippen LogP contribution in [0.2, 0.25) is 0 Å². The zero-order chi connectivity index (χ0) is 10.4. The summed E-state index contributed by atoms with van der Waals surface area (Å²) >= 11 is 0. The Morgan fingerprint density at radius 1 is 1.43 bits per heavy atom. The van der Waals surface area contributed by atoms with Gasteiger partial charge in [-0.1, -0.05) is 6.92 Å². The summed E-state index contributed by atoms with van der Waals surface area (Å²) in [4.78, 5) is 3.97. The Labute approximate surface area is 85.2 Å². The number of hydrogen-bond acceptors (Lipinski definition) is 3. The Kier molecular flexibility index (Phi) is 4.56. The lowest BCUT2D eigenvalue weighted by atomic mass is 10.1. The standard InChI is InChI=1S/C11H18N2O/c1-3-11(8-14)13-9(2)10-4-6-12-7-5-10/h4-7,9,11,13-14H,3,8H2,1-2H3/t9-,11+/m0/s1. The van der Waals surface area contributed by atoms with Gasteiger partial charge in [0.05, 0.1) is 6.61 Å². The third-order valence-electron chi connectivity index (χ3n) is 2.40. The Morgan fingerprint density at radius 2 is 2.07 bits per heavy atom. The molecule has 0 spiro atoms. The number of nitrogens with one attached hydrogen (secondary N) is 1. The van der Waals surface area contributed by atoms with Crippen LogP contribution in [0.15, 0.2) is 24.5 Å². The van der Waals surface area contributed by atoms with E-state index in [4.69, 9.17) is 5.11 Å². The predicted octanol–water partition coefficient (Wildman–Crippen LogP) is 1.50. The van der Waals surface area contributed by atoms with E-state index in [0.717, 1.165) is 6.42 Å². The van der Waals surface area contributed by atoms with E-state index in [-0.39, 0.29) is 18.7 Å². The molecule has 3 heteroatoms. The van der Waals surface area contributed by atoms with Gasteiger partial charge in [-0.05, 0) is 31.0 Å². The molecule has 0 saturated heterocycles. The Balaban J connectivity index is 2.54. The first kappa shape index (κ1) is 11.1. The fraction of sp³-hybridized carbons (Fsp3) is 0.545. The van der Waals surface area contributed by atoms with E-state index in [0.29, 0.717) is 0 Å². The minimum Gasteiger partial charge on any atom is -0.395 e. The summed E-state index contributed by atoms with van der Waals surface area (Å²) in [6.45, 7) is 4.34. The van der Waals surface area contributed by atoms with Crippen molar-refractivity contribution >= 4 is 0 Å². The number of rotatable bonds is 5. The molecule has 0 aliphatic rings. The van der Waals surface area contributed by atoms with Gasteiger partial charge in [-0.15, -0.1) is 0 Å². The molecule has 3 nitrogen and oxygen atoms in total. The van der Waals surface area contributed by atoms with Gasteiger partial charge >= 0.3 is 0 Å². The molecule has 1 heterocycles. The molecule has 0 aliphatic heterocycles.